The molecular weight excluding hydrogens is 143 g/mol. The van der Waals surface area contributed by atoms with Gasteiger partial charge in [-0.25, -0.2) is 4.39 Å². The first-order valence-electron chi connectivity index (χ1n) is 3.50. The molecule has 0 fully saturated rings. The number of rotatable bonds is 2. The number of nitrogens with zero attached hydrogens (tertiary/aromatic N) is 1. The molecule has 60 valence electrons. The lowest BCUT2D eigenvalue weighted by Crippen LogP contribution is -2.08. The number of pyridine rings is 1. The topological polar surface area (TPSA) is 38.9 Å². The van der Waals surface area contributed by atoms with Crippen molar-refractivity contribution in [2.45, 2.75) is 13.1 Å². The van der Waals surface area contributed by atoms with Crippen molar-refractivity contribution in [2.24, 2.45) is 5.73 Å². The average Bonchev–Trinajstić information content (AvgIpc) is 2.04. The van der Waals surface area contributed by atoms with Crippen molar-refractivity contribution >= 4 is 0 Å². The van der Waals surface area contributed by atoms with Crippen LogP contribution in [-0.2, 0) is 0 Å². The molecule has 1 rings (SSSR count). The molecule has 0 saturated heterocycles. The first kappa shape index (κ1) is 8.14. The highest BCUT2D eigenvalue weighted by Crippen LogP contribution is 2.18. The molecule has 0 aliphatic rings. The van der Waals surface area contributed by atoms with Gasteiger partial charge >= 0.3 is 0 Å². The molecule has 0 bridgehead atoms. The van der Waals surface area contributed by atoms with Gasteiger partial charge in [-0.15, -0.1) is 0 Å². The number of aryl methyl sites for hydroxylation is 1. The highest BCUT2D eigenvalue weighted by atomic mass is 19.1. The van der Waals surface area contributed by atoms with Crippen LogP contribution in [0.4, 0.5) is 4.39 Å². The quantitative estimate of drug-likeness (QED) is 0.698. The first-order valence-corrected chi connectivity index (χ1v) is 3.50. The Morgan fingerprint density at radius 3 is 3.00 bits per heavy atom. The fourth-order valence-corrected chi connectivity index (χ4v) is 0.963. The van der Waals surface area contributed by atoms with Crippen LogP contribution in [0.2, 0.25) is 0 Å². The Hall–Kier alpha value is -0.960. The van der Waals surface area contributed by atoms with Gasteiger partial charge in [0.15, 0.2) is 0 Å². The standard InChI is InChI=1S/C8H11FN2/c1-6-5-11-3-2-7(6)8(9)4-10/h2-3,5,8H,4,10H2,1H3. The van der Waals surface area contributed by atoms with E-state index in [1.54, 1.807) is 18.5 Å². The van der Waals surface area contributed by atoms with Crippen LogP contribution < -0.4 is 5.73 Å². The number of hydrogen-bond acceptors (Lipinski definition) is 2. The summed E-state index contributed by atoms with van der Waals surface area (Å²) in [4.78, 5) is 3.85. The third kappa shape index (κ3) is 1.74. The monoisotopic (exact) mass is 154 g/mol. The number of aromatic nitrogens is 1. The highest BCUT2D eigenvalue weighted by molar-refractivity contribution is 5.24. The van der Waals surface area contributed by atoms with Crippen molar-refractivity contribution in [3.8, 4) is 0 Å². The fourth-order valence-electron chi connectivity index (χ4n) is 0.963. The molecule has 0 spiro atoms. The fraction of sp³-hybridized carbons (Fsp3) is 0.375. The minimum Gasteiger partial charge on any atom is -0.327 e. The normalized spacial score (nSPS) is 13.0. The Morgan fingerprint density at radius 2 is 2.45 bits per heavy atom. The summed E-state index contributed by atoms with van der Waals surface area (Å²) in [5.41, 5.74) is 6.67. The van der Waals surface area contributed by atoms with Crippen molar-refractivity contribution < 1.29 is 4.39 Å². The molecule has 11 heavy (non-hydrogen) atoms. The average molecular weight is 154 g/mol. The van der Waals surface area contributed by atoms with E-state index in [2.05, 4.69) is 4.98 Å². The molecule has 2 N–H and O–H groups in total. The van der Waals surface area contributed by atoms with Gasteiger partial charge in [0.1, 0.15) is 6.17 Å². The number of halogens is 1. The molecule has 1 heterocycles. The molecule has 1 aromatic rings. The molecule has 1 unspecified atom stereocenters. The van der Waals surface area contributed by atoms with Crippen molar-refractivity contribution in [3.63, 3.8) is 0 Å². The summed E-state index contributed by atoms with van der Waals surface area (Å²) in [7, 11) is 0. The maximum atomic E-state index is 13.0. The van der Waals surface area contributed by atoms with Crippen LogP contribution in [0.15, 0.2) is 18.5 Å². The lowest BCUT2D eigenvalue weighted by molar-refractivity contribution is 0.351. The van der Waals surface area contributed by atoms with E-state index in [4.69, 9.17) is 5.73 Å². The zero-order valence-corrected chi connectivity index (χ0v) is 6.42. The zero-order valence-electron chi connectivity index (χ0n) is 6.42. The summed E-state index contributed by atoms with van der Waals surface area (Å²) in [5.74, 6) is 0. The molecule has 1 atom stereocenters. The minimum absolute atomic E-state index is 0.0326. The molecule has 0 saturated carbocycles. The molecule has 0 radical (unpaired) electrons. The summed E-state index contributed by atoms with van der Waals surface area (Å²) in [6.45, 7) is 1.86. The van der Waals surface area contributed by atoms with Crippen LogP contribution >= 0.6 is 0 Å². The maximum absolute atomic E-state index is 13.0. The largest absolute Gasteiger partial charge is 0.327 e. The second kappa shape index (κ2) is 3.44. The second-order valence-electron chi connectivity index (χ2n) is 2.44. The molecule has 2 nitrogen and oxygen atoms in total. The van der Waals surface area contributed by atoms with E-state index in [1.165, 1.54) is 0 Å². The minimum atomic E-state index is -1.06. The van der Waals surface area contributed by atoms with E-state index in [9.17, 15) is 4.39 Å². The lowest BCUT2D eigenvalue weighted by Gasteiger charge is -2.07. The summed E-state index contributed by atoms with van der Waals surface area (Å²) >= 11 is 0. The van der Waals surface area contributed by atoms with Crippen LogP contribution in [0.3, 0.4) is 0 Å². The van der Waals surface area contributed by atoms with E-state index < -0.39 is 6.17 Å². The van der Waals surface area contributed by atoms with Gasteiger partial charge in [0, 0.05) is 18.9 Å². The van der Waals surface area contributed by atoms with E-state index in [0.29, 0.717) is 5.56 Å². The van der Waals surface area contributed by atoms with Gasteiger partial charge in [0.25, 0.3) is 0 Å². The summed E-state index contributed by atoms with van der Waals surface area (Å²) in [6, 6.07) is 1.66. The van der Waals surface area contributed by atoms with Gasteiger partial charge in [-0.1, -0.05) is 0 Å². The summed E-state index contributed by atoms with van der Waals surface area (Å²) in [6.07, 6.45) is 2.15. The Bertz CT molecular complexity index is 237. The zero-order chi connectivity index (χ0) is 8.27. The van der Waals surface area contributed by atoms with E-state index in [1.807, 2.05) is 6.92 Å². The molecule has 0 aliphatic heterocycles. The molecule has 1 aromatic heterocycles. The molecular formula is C8H11FN2. The molecule has 0 amide bonds. The molecule has 0 aromatic carbocycles. The van der Waals surface area contributed by atoms with Crippen LogP contribution in [0, 0.1) is 6.92 Å². The van der Waals surface area contributed by atoms with Gasteiger partial charge in [-0.2, -0.15) is 0 Å². The smallest absolute Gasteiger partial charge is 0.138 e. The van der Waals surface area contributed by atoms with Crippen molar-refractivity contribution in [2.75, 3.05) is 6.54 Å². The van der Waals surface area contributed by atoms with Crippen LogP contribution in [0.1, 0.15) is 17.3 Å². The number of nitrogens with two attached hydrogens (primary N) is 1. The van der Waals surface area contributed by atoms with Gasteiger partial charge in [-0.3, -0.25) is 4.98 Å². The van der Waals surface area contributed by atoms with Gasteiger partial charge in [-0.05, 0) is 24.1 Å². The Balaban J connectivity index is 2.93. The third-order valence-electron chi connectivity index (χ3n) is 1.61. The summed E-state index contributed by atoms with van der Waals surface area (Å²) in [5, 5.41) is 0. The van der Waals surface area contributed by atoms with Gasteiger partial charge in [0.2, 0.25) is 0 Å². The molecule has 3 heteroatoms. The lowest BCUT2D eigenvalue weighted by atomic mass is 10.1. The second-order valence-corrected chi connectivity index (χ2v) is 2.44. The van der Waals surface area contributed by atoms with E-state index in [-0.39, 0.29) is 6.54 Å². The SMILES string of the molecule is Cc1cnccc1C(F)CN. The highest BCUT2D eigenvalue weighted by Gasteiger charge is 2.08. The predicted octanol–water partition coefficient (Wildman–Crippen LogP) is 1.36. The Morgan fingerprint density at radius 1 is 1.73 bits per heavy atom. The van der Waals surface area contributed by atoms with E-state index in [0.717, 1.165) is 5.56 Å². The third-order valence-corrected chi connectivity index (χ3v) is 1.61. The van der Waals surface area contributed by atoms with Crippen molar-refractivity contribution in [3.05, 3.63) is 29.6 Å². The predicted molar refractivity (Wildman–Crippen MR) is 41.9 cm³/mol. The Labute approximate surface area is 65.3 Å². The van der Waals surface area contributed by atoms with Gasteiger partial charge < -0.3 is 5.73 Å². The number of hydrogen-bond donors (Lipinski definition) is 1. The van der Waals surface area contributed by atoms with Crippen LogP contribution in [0.25, 0.3) is 0 Å². The maximum Gasteiger partial charge on any atom is 0.138 e. The van der Waals surface area contributed by atoms with Gasteiger partial charge in [0.05, 0.1) is 0 Å². The van der Waals surface area contributed by atoms with Crippen molar-refractivity contribution in [1.82, 2.24) is 4.98 Å². The van der Waals surface area contributed by atoms with Crippen LogP contribution in [0.5, 0.6) is 0 Å². The molecule has 0 aliphatic carbocycles. The van der Waals surface area contributed by atoms with Crippen molar-refractivity contribution in [1.29, 1.82) is 0 Å². The van der Waals surface area contributed by atoms with E-state index >= 15 is 0 Å². The summed E-state index contributed by atoms with van der Waals surface area (Å²) < 4.78 is 13.0. The van der Waals surface area contributed by atoms with Crippen LogP contribution in [-0.4, -0.2) is 11.5 Å². The number of alkyl halides is 1. The Kier molecular flexibility index (Phi) is 2.54. The first-order chi connectivity index (χ1) is 5.25.